The van der Waals surface area contributed by atoms with Crippen molar-refractivity contribution in [2.45, 2.75) is 20.0 Å². The van der Waals surface area contributed by atoms with E-state index in [2.05, 4.69) is 27.8 Å². The molecule has 0 radical (unpaired) electrons. The summed E-state index contributed by atoms with van der Waals surface area (Å²) in [6.45, 7) is 7.70. The fourth-order valence-electron chi connectivity index (χ4n) is 2.11. The van der Waals surface area contributed by atoms with E-state index in [0.29, 0.717) is 11.3 Å². The lowest BCUT2D eigenvalue weighted by molar-refractivity contribution is -0.128. The van der Waals surface area contributed by atoms with Gasteiger partial charge in [-0.25, -0.2) is 0 Å². The number of hydrogen-bond donors (Lipinski definition) is 1. The van der Waals surface area contributed by atoms with E-state index in [1.54, 1.807) is 24.3 Å². The highest BCUT2D eigenvalue weighted by molar-refractivity contribution is 9.10. The molecule has 1 aliphatic heterocycles. The summed E-state index contributed by atoms with van der Waals surface area (Å²) in [4.78, 5) is 25.8. The zero-order valence-electron chi connectivity index (χ0n) is 13.3. The molecule has 0 aromatic heterocycles. The highest BCUT2D eigenvalue weighted by Crippen LogP contribution is 2.28. The van der Waals surface area contributed by atoms with Crippen molar-refractivity contribution in [1.29, 1.82) is 0 Å². The molecule has 1 aromatic carbocycles. The average Bonchev–Trinajstić information content (AvgIpc) is 2.50. The molecule has 2 rings (SSSR count). The Hall–Kier alpha value is -1.99. The van der Waals surface area contributed by atoms with Crippen molar-refractivity contribution in [1.82, 2.24) is 10.2 Å². The highest BCUT2D eigenvalue weighted by atomic mass is 79.9. The number of benzene rings is 1. The number of hydrogen-bond acceptors (Lipinski definition) is 4. The topological polar surface area (TPSA) is 58.6 Å². The molecule has 0 aliphatic carbocycles. The van der Waals surface area contributed by atoms with Gasteiger partial charge >= 0.3 is 0 Å². The molecule has 1 aliphatic rings. The van der Waals surface area contributed by atoms with Crippen LogP contribution >= 0.6 is 28.1 Å². The fourth-order valence-corrected chi connectivity index (χ4v) is 2.85. The number of carbonyl (C=O) groups is 2. The fraction of sp³-hybridized carbons (Fsp3) is 0.235. The molecule has 1 aromatic rings. The van der Waals surface area contributed by atoms with Gasteiger partial charge in [0.25, 0.3) is 11.8 Å². The number of nitrogens with zero attached hydrogens (tertiary/aromatic N) is 1. The van der Waals surface area contributed by atoms with Crippen LogP contribution in [-0.4, -0.2) is 34.5 Å². The predicted molar refractivity (Wildman–Crippen MR) is 101 cm³/mol. The largest absolute Gasteiger partial charge is 0.490 e. The zero-order valence-corrected chi connectivity index (χ0v) is 15.7. The first-order valence-electron chi connectivity index (χ1n) is 7.29. The number of rotatable bonds is 5. The zero-order chi connectivity index (χ0) is 17.9. The molecule has 1 saturated heterocycles. The summed E-state index contributed by atoms with van der Waals surface area (Å²) in [5.74, 6) is -0.257. The van der Waals surface area contributed by atoms with Gasteiger partial charge in [0.05, 0.1) is 10.6 Å². The highest BCUT2D eigenvalue weighted by Gasteiger charge is 2.32. The van der Waals surface area contributed by atoms with Crippen molar-refractivity contribution in [3.63, 3.8) is 0 Å². The van der Waals surface area contributed by atoms with E-state index in [9.17, 15) is 9.59 Å². The predicted octanol–water partition coefficient (Wildman–Crippen LogP) is 3.05. The lowest BCUT2D eigenvalue weighted by atomic mass is 10.1. The van der Waals surface area contributed by atoms with Crippen LogP contribution in [0.3, 0.4) is 0 Å². The lowest BCUT2D eigenvalue weighted by Gasteiger charge is -2.27. The van der Waals surface area contributed by atoms with Crippen molar-refractivity contribution in [2.75, 3.05) is 6.54 Å². The Kier molecular flexibility index (Phi) is 5.90. The maximum Gasteiger partial charge on any atom is 0.265 e. The van der Waals surface area contributed by atoms with Crippen LogP contribution < -0.4 is 10.1 Å². The maximum atomic E-state index is 12.5. The summed E-state index contributed by atoms with van der Waals surface area (Å²) in [7, 11) is 0. The number of nitrogens with one attached hydrogen (secondary N) is 1. The van der Waals surface area contributed by atoms with Gasteiger partial charge in [-0.05, 0) is 65.8 Å². The van der Waals surface area contributed by atoms with Crippen LogP contribution in [0.4, 0.5) is 0 Å². The van der Waals surface area contributed by atoms with Crippen molar-refractivity contribution < 1.29 is 14.3 Å². The molecule has 1 heterocycles. The van der Waals surface area contributed by atoms with Gasteiger partial charge in [0.1, 0.15) is 11.3 Å². The number of halogens is 1. The maximum absolute atomic E-state index is 12.5. The van der Waals surface area contributed by atoms with Crippen LogP contribution in [0.15, 0.2) is 40.9 Å². The second-order valence-corrected chi connectivity index (χ2v) is 6.62. The van der Waals surface area contributed by atoms with Gasteiger partial charge < -0.3 is 4.74 Å². The second kappa shape index (κ2) is 7.72. The third kappa shape index (κ3) is 4.10. The Morgan fingerprint density at radius 1 is 1.42 bits per heavy atom. The standard InChI is InChI=1S/C17H17BrN2O3S/c1-4-7-20-16(22)12(15(21)19-17(20)24)8-11-5-6-14(13(18)9-11)23-10(2)3/h4-6,8-10H,1,7H2,2-3H3,(H,19,21,24)/b12-8+. The van der Waals surface area contributed by atoms with E-state index in [1.165, 1.54) is 11.0 Å². The van der Waals surface area contributed by atoms with Crippen molar-refractivity contribution in [3.05, 3.63) is 46.5 Å². The van der Waals surface area contributed by atoms with Gasteiger partial charge in [-0.3, -0.25) is 19.8 Å². The Bertz CT molecular complexity index is 743. The van der Waals surface area contributed by atoms with Crippen LogP contribution in [-0.2, 0) is 9.59 Å². The van der Waals surface area contributed by atoms with Gasteiger partial charge in [0.15, 0.2) is 5.11 Å². The minimum atomic E-state index is -0.510. The molecule has 1 N–H and O–H groups in total. The molecular weight excluding hydrogens is 392 g/mol. The monoisotopic (exact) mass is 408 g/mol. The van der Waals surface area contributed by atoms with E-state index in [1.807, 2.05) is 13.8 Å². The van der Waals surface area contributed by atoms with Crippen LogP contribution in [0.2, 0.25) is 0 Å². The molecular formula is C17H17BrN2O3S. The van der Waals surface area contributed by atoms with E-state index in [4.69, 9.17) is 17.0 Å². The summed E-state index contributed by atoms with van der Waals surface area (Å²) >= 11 is 8.45. The molecule has 0 unspecified atom stereocenters. The Morgan fingerprint density at radius 3 is 2.71 bits per heavy atom. The van der Waals surface area contributed by atoms with Crippen molar-refractivity contribution >= 4 is 51.2 Å². The van der Waals surface area contributed by atoms with Gasteiger partial charge in [0.2, 0.25) is 0 Å². The first-order chi connectivity index (χ1) is 11.3. The van der Waals surface area contributed by atoms with Gasteiger partial charge in [-0.2, -0.15) is 0 Å². The molecule has 5 nitrogen and oxygen atoms in total. The summed E-state index contributed by atoms with van der Waals surface area (Å²) in [6, 6.07) is 5.35. The third-order valence-corrected chi connectivity index (χ3v) is 4.07. The van der Waals surface area contributed by atoms with E-state index >= 15 is 0 Å². The molecule has 126 valence electrons. The van der Waals surface area contributed by atoms with Crippen LogP contribution in [0.5, 0.6) is 5.75 Å². The molecule has 24 heavy (non-hydrogen) atoms. The number of carbonyl (C=O) groups excluding carboxylic acids is 2. The molecule has 0 bridgehead atoms. The number of amides is 2. The van der Waals surface area contributed by atoms with Gasteiger partial charge in [-0.15, -0.1) is 6.58 Å². The molecule has 0 saturated carbocycles. The van der Waals surface area contributed by atoms with Crippen molar-refractivity contribution in [2.24, 2.45) is 0 Å². The summed E-state index contributed by atoms with van der Waals surface area (Å²) in [5, 5.41) is 2.60. The first kappa shape index (κ1) is 18.4. The van der Waals surface area contributed by atoms with Crippen LogP contribution in [0.1, 0.15) is 19.4 Å². The molecule has 0 atom stereocenters. The number of thiocarbonyl (C=S) groups is 1. The SMILES string of the molecule is C=CCN1C(=O)/C(=C/c2ccc(OC(C)C)c(Br)c2)C(=O)NC1=S. The first-order valence-corrected chi connectivity index (χ1v) is 8.49. The van der Waals surface area contributed by atoms with E-state index < -0.39 is 11.8 Å². The quantitative estimate of drug-likeness (QED) is 0.352. The van der Waals surface area contributed by atoms with E-state index in [0.717, 1.165) is 4.47 Å². The summed E-state index contributed by atoms with van der Waals surface area (Å²) in [5.41, 5.74) is 0.720. The Balaban J connectivity index is 2.33. The third-order valence-electron chi connectivity index (χ3n) is 3.13. The molecule has 2 amide bonds. The summed E-state index contributed by atoms with van der Waals surface area (Å²) in [6.07, 6.45) is 3.12. The van der Waals surface area contributed by atoms with Gasteiger partial charge in [0, 0.05) is 6.54 Å². The summed E-state index contributed by atoms with van der Waals surface area (Å²) < 4.78 is 6.39. The van der Waals surface area contributed by atoms with E-state index in [-0.39, 0.29) is 23.3 Å². The smallest absolute Gasteiger partial charge is 0.265 e. The Morgan fingerprint density at radius 2 is 2.12 bits per heavy atom. The van der Waals surface area contributed by atoms with Gasteiger partial charge in [-0.1, -0.05) is 12.1 Å². The number of ether oxygens (including phenoxy) is 1. The molecule has 7 heteroatoms. The molecule has 0 spiro atoms. The van der Waals surface area contributed by atoms with Crippen LogP contribution in [0, 0.1) is 0 Å². The lowest BCUT2D eigenvalue weighted by Crippen LogP contribution is -2.53. The Labute approximate surface area is 154 Å². The average molecular weight is 409 g/mol. The van der Waals surface area contributed by atoms with Crippen LogP contribution in [0.25, 0.3) is 6.08 Å². The normalized spacial score (nSPS) is 16.6. The second-order valence-electron chi connectivity index (χ2n) is 5.38. The minimum Gasteiger partial charge on any atom is -0.490 e. The minimum absolute atomic E-state index is 0.0230. The molecule has 1 fully saturated rings. The van der Waals surface area contributed by atoms with Crippen molar-refractivity contribution in [3.8, 4) is 5.75 Å².